The fourth-order valence-electron chi connectivity index (χ4n) is 1.73. The van der Waals surface area contributed by atoms with Crippen LogP contribution in [0.25, 0.3) is 0 Å². The van der Waals surface area contributed by atoms with E-state index in [2.05, 4.69) is 0 Å². The number of aromatic carboxylic acids is 1. The van der Waals surface area contributed by atoms with Gasteiger partial charge in [0.15, 0.2) is 0 Å². The Balaban J connectivity index is 2.13. The zero-order valence-electron chi connectivity index (χ0n) is 10.4. The number of benzene rings is 1. The predicted molar refractivity (Wildman–Crippen MR) is 79.9 cm³/mol. The number of hydrogen-bond donors (Lipinski definition) is 2. The van der Waals surface area contributed by atoms with Crippen molar-refractivity contribution in [1.29, 1.82) is 0 Å². The Morgan fingerprint density at radius 3 is 2.35 bits per heavy atom. The zero-order valence-corrected chi connectivity index (χ0v) is 12.0. The summed E-state index contributed by atoms with van der Waals surface area (Å²) in [4.78, 5) is 23.5. The van der Waals surface area contributed by atoms with Crippen LogP contribution in [0.3, 0.4) is 0 Å². The third-order valence-corrected chi connectivity index (χ3v) is 5.19. The Hall–Kier alpha value is -1.66. The van der Waals surface area contributed by atoms with Gasteiger partial charge >= 0.3 is 11.9 Å². The molecule has 2 rings (SSSR count). The number of carboxylic acids is 2. The molecule has 0 aromatic heterocycles. The molecule has 0 heterocycles. The molecule has 0 saturated heterocycles. The molecule has 4 nitrogen and oxygen atoms in total. The highest BCUT2D eigenvalue weighted by molar-refractivity contribution is 8.78. The molecule has 1 aromatic rings. The van der Waals surface area contributed by atoms with Crippen molar-refractivity contribution in [1.82, 2.24) is 0 Å². The van der Waals surface area contributed by atoms with Crippen molar-refractivity contribution in [2.24, 2.45) is 0 Å². The smallest absolute Gasteiger partial charge is 0.336 e. The highest BCUT2D eigenvalue weighted by Gasteiger charge is 2.18. The maximum absolute atomic E-state index is 11.1. The van der Waals surface area contributed by atoms with Crippen molar-refractivity contribution in [2.75, 3.05) is 0 Å². The molecule has 1 aromatic carbocycles. The van der Waals surface area contributed by atoms with Gasteiger partial charge in [0.2, 0.25) is 0 Å². The summed E-state index contributed by atoms with van der Waals surface area (Å²) in [5, 5.41) is 18.2. The molecule has 2 N–H and O–H groups in total. The van der Waals surface area contributed by atoms with Crippen LogP contribution in [0.15, 0.2) is 51.8 Å². The van der Waals surface area contributed by atoms with Gasteiger partial charge in [0, 0.05) is 9.80 Å². The van der Waals surface area contributed by atoms with Crippen molar-refractivity contribution < 1.29 is 19.8 Å². The van der Waals surface area contributed by atoms with Gasteiger partial charge in [-0.05, 0) is 25.0 Å². The first-order valence-corrected chi connectivity index (χ1v) is 8.05. The van der Waals surface area contributed by atoms with Crippen LogP contribution >= 0.6 is 21.6 Å². The highest BCUT2D eigenvalue weighted by Crippen LogP contribution is 2.42. The Kier molecular flexibility index (Phi) is 4.92. The molecule has 6 heteroatoms. The minimum absolute atomic E-state index is 0.224. The van der Waals surface area contributed by atoms with E-state index in [0.717, 1.165) is 12.8 Å². The normalized spacial score (nSPS) is 14.4. The summed E-state index contributed by atoms with van der Waals surface area (Å²) in [6.45, 7) is 0. The summed E-state index contributed by atoms with van der Waals surface area (Å²) in [6, 6.07) is 6.68. The van der Waals surface area contributed by atoms with Gasteiger partial charge in [0.1, 0.15) is 0 Å². The van der Waals surface area contributed by atoms with Crippen LogP contribution in [-0.2, 0) is 4.79 Å². The molecule has 0 radical (unpaired) electrons. The third kappa shape index (κ3) is 3.46. The van der Waals surface area contributed by atoms with Crippen molar-refractivity contribution in [3.8, 4) is 0 Å². The minimum atomic E-state index is -0.986. The van der Waals surface area contributed by atoms with Crippen LogP contribution in [0.2, 0.25) is 0 Å². The Morgan fingerprint density at radius 1 is 0.950 bits per heavy atom. The average molecular weight is 308 g/mol. The minimum Gasteiger partial charge on any atom is -0.478 e. The van der Waals surface area contributed by atoms with E-state index in [1.165, 1.54) is 27.7 Å². The van der Waals surface area contributed by atoms with Gasteiger partial charge in [-0.3, -0.25) is 0 Å². The van der Waals surface area contributed by atoms with E-state index in [1.54, 1.807) is 24.3 Å². The molecule has 0 fully saturated rings. The molecular formula is C14H12O4S2. The molecule has 1 aliphatic rings. The molecule has 0 bridgehead atoms. The first-order valence-electron chi connectivity index (χ1n) is 5.90. The second kappa shape index (κ2) is 6.67. The highest BCUT2D eigenvalue weighted by atomic mass is 33.1. The molecular weight excluding hydrogens is 296 g/mol. The molecule has 0 atom stereocenters. The first kappa shape index (κ1) is 14.7. The van der Waals surface area contributed by atoms with Crippen molar-refractivity contribution in [3.63, 3.8) is 0 Å². The molecule has 0 spiro atoms. The van der Waals surface area contributed by atoms with E-state index < -0.39 is 11.9 Å². The maximum atomic E-state index is 11.1. The van der Waals surface area contributed by atoms with Gasteiger partial charge in [0.05, 0.1) is 11.1 Å². The van der Waals surface area contributed by atoms with E-state index in [-0.39, 0.29) is 5.56 Å². The van der Waals surface area contributed by atoms with Gasteiger partial charge in [-0.2, -0.15) is 0 Å². The van der Waals surface area contributed by atoms with Crippen molar-refractivity contribution >= 4 is 33.5 Å². The topological polar surface area (TPSA) is 74.6 Å². The van der Waals surface area contributed by atoms with Crippen LogP contribution in [0.5, 0.6) is 0 Å². The monoisotopic (exact) mass is 308 g/mol. The fourth-order valence-corrected chi connectivity index (χ4v) is 4.18. The lowest BCUT2D eigenvalue weighted by atomic mass is 10.1. The molecule has 104 valence electrons. The fraction of sp³-hybridized carbons (Fsp3) is 0.143. The van der Waals surface area contributed by atoms with Crippen LogP contribution < -0.4 is 0 Å². The molecule has 0 amide bonds. The number of rotatable bonds is 5. The third-order valence-electron chi connectivity index (χ3n) is 2.68. The van der Waals surface area contributed by atoms with Gasteiger partial charge in [-0.25, -0.2) is 9.59 Å². The number of allylic oxidation sites excluding steroid dienone is 2. The maximum Gasteiger partial charge on any atom is 0.336 e. The Bertz CT molecular complexity index is 605. The first-order chi connectivity index (χ1) is 9.59. The van der Waals surface area contributed by atoms with Crippen LogP contribution in [0.4, 0.5) is 0 Å². The summed E-state index contributed by atoms with van der Waals surface area (Å²) in [5.74, 6) is -1.93. The number of carbonyl (C=O) groups is 2. The zero-order chi connectivity index (χ0) is 14.5. The second-order valence-electron chi connectivity index (χ2n) is 4.04. The lowest BCUT2D eigenvalue weighted by Crippen LogP contribution is -2.04. The largest absolute Gasteiger partial charge is 0.478 e. The Morgan fingerprint density at radius 2 is 1.65 bits per heavy atom. The van der Waals surface area contributed by atoms with E-state index in [1.807, 2.05) is 6.08 Å². The molecule has 0 saturated carbocycles. The SMILES string of the molecule is O=C(O)C1=CCCC=C1SSc1ccccc1C(=O)O. The van der Waals surface area contributed by atoms with Gasteiger partial charge in [-0.1, -0.05) is 45.9 Å². The summed E-state index contributed by atoms with van der Waals surface area (Å²) < 4.78 is 0. The van der Waals surface area contributed by atoms with Gasteiger partial charge < -0.3 is 10.2 Å². The van der Waals surface area contributed by atoms with Crippen molar-refractivity contribution in [3.05, 3.63) is 52.5 Å². The van der Waals surface area contributed by atoms with Gasteiger partial charge in [-0.15, -0.1) is 0 Å². The summed E-state index contributed by atoms with van der Waals surface area (Å²) in [7, 11) is 2.55. The molecule has 20 heavy (non-hydrogen) atoms. The quantitative estimate of drug-likeness (QED) is 0.806. The summed E-state index contributed by atoms with van der Waals surface area (Å²) >= 11 is 0. The number of carboxylic acid groups (broad SMARTS) is 2. The van der Waals surface area contributed by atoms with E-state index in [4.69, 9.17) is 10.2 Å². The lowest BCUT2D eigenvalue weighted by molar-refractivity contribution is -0.132. The molecule has 0 unspecified atom stereocenters. The molecule has 1 aliphatic carbocycles. The van der Waals surface area contributed by atoms with E-state index in [9.17, 15) is 9.59 Å². The predicted octanol–water partition coefficient (Wildman–Crippen LogP) is 3.81. The average Bonchev–Trinajstić information content (AvgIpc) is 2.45. The standard InChI is InChI=1S/C14H12O4S2/c15-13(16)9-5-1-3-7-11(9)19-20-12-8-4-2-6-10(12)14(17)18/h1,3,5-8H,2,4H2,(H,15,16)(H,17,18). The van der Waals surface area contributed by atoms with E-state index in [0.29, 0.717) is 15.4 Å². The van der Waals surface area contributed by atoms with Crippen molar-refractivity contribution in [2.45, 2.75) is 17.7 Å². The van der Waals surface area contributed by atoms with E-state index >= 15 is 0 Å². The van der Waals surface area contributed by atoms with Crippen LogP contribution in [0.1, 0.15) is 23.2 Å². The summed E-state index contributed by atoms with van der Waals surface area (Å²) in [5.41, 5.74) is 0.517. The number of aliphatic carboxylic acids is 1. The lowest BCUT2D eigenvalue weighted by Gasteiger charge is -2.12. The second-order valence-corrected chi connectivity index (χ2v) is 6.25. The Labute approximate surface area is 124 Å². The molecule has 0 aliphatic heterocycles. The van der Waals surface area contributed by atoms with Crippen LogP contribution in [0, 0.1) is 0 Å². The van der Waals surface area contributed by atoms with Gasteiger partial charge in [0.25, 0.3) is 0 Å². The number of hydrogen-bond acceptors (Lipinski definition) is 4. The summed E-state index contributed by atoms with van der Waals surface area (Å²) in [6.07, 6.45) is 5.11. The van der Waals surface area contributed by atoms with Crippen LogP contribution in [-0.4, -0.2) is 22.2 Å².